The predicted octanol–water partition coefficient (Wildman–Crippen LogP) is 0.868. The average Bonchev–Trinajstić information content (AvgIpc) is 2.36. The molecule has 4 nitrogen and oxygen atoms in total. The molecule has 0 saturated carbocycles. The van der Waals surface area contributed by atoms with Crippen LogP contribution in [0.3, 0.4) is 0 Å². The summed E-state index contributed by atoms with van der Waals surface area (Å²) in [7, 11) is 4.00. The zero-order valence-corrected chi connectivity index (χ0v) is 11.4. The summed E-state index contributed by atoms with van der Waals surface area (Å²) in [5, 5.41) is 2.96. The van der Waals surface area contributed by atoms with E-state index in [9.17, 15) is 4.79 Å². The predicted molar refractivity (Wildman–Crippen MR) is 74.7 cm³/mol. The van der Waals surface area contributed by atoms with Crippen LogP contribution in [0.5, 0.6) is 0 Å². The Morgan fingerprint density at radius 1 is 1.39 bits per heavy atom. The molecule has 3 N–H and O–H groups in total. The summed E-state index contributed by atoms with van der Waals surface area (Å²) < 4.78 is 0. The van der Waals surface area contributed by atoms with Crippen LogP contribution >= 0.6 is 0 Å². The van der Waals surface area contributed by atoms with Crippen LogP contribution in [0, 0.1) is 0 Å². The molecule has 0 heterocycles. The van der Waals surface area contributed by atoms with E-state index >= 15 is 0 Å². The van der Waals surface area contributed by atoms with Gasteiger partial charge in [0.2, 0.25) is 0 Å². The summed E-state index contributed by atoms with van der Waals surface area (Å²) in [6.45, 7) is 3.27. The van der Waals surface area contributed by atoms with Gasteiger partial charge in [0.25, 0.3) is 5.91 Å². The maximum Gasteiger partial charge on any atom is 0.251 e. The highest BCUT2D eigenvalue weighted by atomic mass is 16.1. The van der Waals surface area contributed by atoms with Crippen LogP contribution < -0.4 is 11.1 Å². The molecule has 1 unspecified atom stereocenters. The van der Waals surface area contributed by atoms with E-state index in [-0.39, 0.29) is 5.91 Å². The normalized spacial score (nSPS) is 12.5. The Hall–Kier alpha value is -1.39. The first kappa shape index (κ1) is 14.7. The Morgan fingerprint density at radius 3 is 2.67 bits per heavy atom. The highest BCUT2D eigenvalue weighted by Crippen LogP contribution is 2.09. The Bertz CT molecular complexity index is 390. The van der Waals surface area contributed by atoms with Gasteiger partial charge in [0, 0.05) is 18.2 Å². The summed E-state index contributed by atoms with van der Waals surface area (Å²) in [5.41, 5.74) is 7.29. The van der Waals surface area contributed by atoms with E-state index in [0.29, 0.717) is 19.1 Å². The molecule has 0 saturated heterocycles. The van der Waals surface area contributed by atoms with Crippen molar-refractivity contribution >= 4 is 5.91 Å². The van der Waals surface area contributed by atoms with Gasteiger partial charge < -0.3 is 16.0 Å². The van der Waals surface area contributed by atoms with Crippen molar-refractivity contribution in [1.82, 2.24) is 10.2 Å². The third-order valence-corrected chi connectivity index (χ3v) is 3.12. The fourth-order valence-electron chi connectivity index (χ4n) is 1.63. The van der Waals surface area contributed by atoms with E-state index in [1.165, 1.54) is 0 Å². The van der Waals surface area contributed by atoms with Crippen molar-refractivity contribution in [2.75, 3.05) is 27.2 Å². The van der Waals surface area contributed by atoms with Crippen LogP contribution in [0.2, 0.25) is 0 Å². The first-order valence-corrected chi connectivity index (χ1v) is 6.29. The maximum absolute atomic E-state index is 12.1. The molecule has 0 aromatic heterocycles. The van der Waals surface area contributed by atoms with Gasteiger partial charge in [-0.2, -0.15) is 0 Å². The number of hydrogen-bond donors (Lipinski definition) is 2. The van der Waals surface area contributed by atoms with Crippen molar-refractivity contribution in [2.45, 2.75) is 19.4 Å². The lowest BCUT2D eigenvalue weighted by atomic mass is 10.0. The third-order valence-electron chi connectivity index (χ3n) is 3.12. The first-order valence-electron chi connectivity index (χ1n) is 6.29. The van der Waals surface area contributed by atoms with Crippen molar-refractivity contribution in [3.63, 3.8) is 0 Å². The van der Waals surface area contributed by atoms with E-state index in [0.717, 1.165) is 17.5 Å². The third kappa shape index (κ3) is 4.13. The lowest BCUT2D eigenvalue weighted by molar-refractivity contribution is 0.0943. The molecule has 1 rings (SSSR count). The van der Waals surface area contributed by atoms with Crippen molar-refractivity contribution in [2.24, 2.45) is 5.73 Å². The van der Waals surface area contributed by atoms with E-state index in [4.69, 9.17) is 5.73 Å². The molecule has 100 valence electrons. The quantitative estimate of drug-likeness (QED) is 0.786. The van der Waals surface area contributed by atoms with Gasteiger partial charge in [0.1, 0.15) is 0 Å². The molecule has 0 aliphatic heterocycles. The monoisotopic (exact) mass is 249 g/mol. The van der Waals surface area contributed by atoms with Crippen molar-refractivity contribution in [3.05, 3.63) is 35.4 Å². The van der Waals surface area contributed by atoms with E-state index in [1.807, 2.05) is 38.4 Å². The second-order valence-corrected chi connectivity index (χ2v) is 4.72. The fourth-order valence-corrected chi connectivity index (χ4v) is 1.63. The molecule has 0 spiro atoms. The number of likely N-dealkylation sites (N-methyl/N-ethyl adjacent to an activating group) is 1. The van der Waals surface area contributed by atoms with Gasteiger partial charge in [0.15, 0.2) is 0 Å². The Morgan fingerprint density at radius 2 is 2.06 bits per heavy atom. The molecule has 0 fully saturated rings. The Labute approximate surface area is 109 Å². The van der Waals surface area contributed by atoms with Crippen LogP contribution in [0.25, 0.3) is 0 Å². The highest BCUT2D eigenvalue weighted by Gasteiger charge is 2.12. The van der Waals surface area contributed by atoms with E-state index < -0.39 is 0 Å². The number of rotatable bonds is 6. The minimum atomic E-state index is -0.0206. The van der Waals surface area contributed by atoms with Crippen molar-refractivity contribution < 1.29 is 4.79 Å². The second-order valence-electron chi connectivity index (χ2n) is 4.72. The fraction of sp³-hybridized carbons (Fsp3) is 0.500. The van der Waals surface area contributed by atoms with Gasteiger partial charge in [-0.15, -0.1) is 0 Å². The molecular weight excluding hydrogens is 226 g/mol. The molecule has 0 aliphatic carbocycles. The first-order chi connectivity index (χ1) is 8.56. The lowest BCUT2D eigenvalue weighted by Gasteiger charge is -2.20. The van der Waals surface area contributed by atoms with E-state index in [1.54, 1.807) is 0 Å². The summed E-state index contributed by atoms with van der Waals surface area (Å²) in [5.74, 6) is -0.0206. The number of carbonyl (C=O) groups is 1. The van der Waals surface area contributed by atoms with Crippen LogP contribution in [0.4, 0.5) is 0 Å². The van der Waals surface area contributed by atoms with Gasteiger partial charge in [0.05, 0.1) is 0 Å². The standard InChI is InChI=1S/C14H23N3O/c1-11(17(2)3)10-16-14(18)13-7-5-4-6-12(13)8-9-15/h4-7,11H,8-10,15H2,1-3H3,(H,16,18). The van der Waals surface area contributed by atoms with Crippen LogP contribution in [0.1, 0.15) is 22.8 Å². The van der Waals surface area contributed by atoms with Crippen LogP contribution in [-0.4, -0.2) is 44.0 Å². The molecule has 18 heavy (non-hydrogen) atoms. The van der Waals surface area contributed by atoms with Crippen molar-refractivity contribution in [3.8, 4) is 0 Å². The molecule has 1 amide bonds. The molecular formula is C14H23N3O. The summed E-state index contributed by atoms with van der Waals surface area (Å²) in [4.78, 5) is 14.2. The molecule has 4 heteroatoms. The van der Waals surface area contributed by atoms with Gasteiger partial charge in [-0.25, -0.2) is 0 Å². The van der Waals surface area contributed by atoms with Crippen LogP contribution in [0.15, 0.2) is 24.3 Å². The molecule has 0 radical (unpaired) electrons. The number of carbonyl (C=O) groups excluding carboxylic acids is 1. The molecule has 0 aliphatic rings. The van der Waals surface area contributed by atoms with Gasteiger partial charge in [-0.3, -0.25) is 4.79 Å². The van der Waals surface area contributed by atoms with Gasteiger partial charge in [-0.1, -0.05) is 18.2 Å². The number of nitrogens with two attached hydrogens (primary N) is 1. The Kier molecular flexibility index (Phi) is 5.82. The van der Waals surface area contributed by atoms with Crippen molar-refractivity contribution in [1.29, 1.82) is 0 Å². The van der Waals surface area contributed by atoms with E-state index in [2.05, 4.69) is 17.1 Å². The SMILES string of the molecule is CC(CNC(=O)c1ccccc1CCN)N(C)C. The average molecular weight is 249 g/mol. The lowest BCUT2D eigenvalue weighted by Crippen LogP contribution is -2.38. The number of hydrogen-bond acceptors (Lipinski definition) is 3. The topological polar surface area (TPSA) is 58.4 Å². The zero-order chi connectivity index (χ0) is 13.5. The molecule has 1 atom stereocenters. The molecule has 1 aromatic carbocycles. The Balaban J connectivity index is 2.66. The van der Waals surface area contributed by atoms with Gasteiger partial charge in [-0.05, 0) is 45.6 Å². The number of nitrogens with zero attached hydrogens (tertiary/aromatic N) is 1. The minimum absolute atomic E-state index is 0.0206. The van der Waals surface area contributed by atoms with Gasteiger partial charge >= 0.3 is 0 Å². The molecule has 0 bridgehead atoms. The summed E-state index contributed by atoms with van der Waals surface area (Å²) >= 11 is 0. The minimum Gasteiger partial charge on any atom is -0.350 e. The van der Waals surface area contributed by atoms with Crippen LogP contribution in [-0.2, 0) is 6.42 Å². The second kappa shape index (κ2) is 7.13. The molecule has 1 aromatic rings. The summed E-state index contributed by atoms with van der Waals surface area (Å²) in [6.07, 6.45) is 0.729. The zero-order valence-electron chi connectivity index (χ0n) is 11.4. The maximum atomic E-state index is 12.1. The highest BCUT2D eigenvalue weighted by molar-refractivity contribution is 5.95. The number of benzene rings is 1. The smallest absolute Gasteiger partial charge is 0.251 e. The number of amides is 1. The largest absolute Gasteiger partial charge is 0.350 e. The summed E-state index contributed by atoms with van der Waals surface area (Å²) in [6, 6.07) is 7.93. The number of nitrogens with one attached hydrogen (secondary N) is 1.